The molecule has 0 aliphatic carbocycles. The smallest absolute Gasteiger partial charge is 0.211 e. The molecule has 1 aliphatic heterocycles. The summed E-state index contributed by atoms with van der Waals surface area (Å²) in [4.78, 5) is 0. The van der Waals surface area contributed by atoms with Crippen LogP contribution < -0.4 is 5.32 Å². The molecule has 6 heteroatoms. The zero-order valence-corrected chi connectivity index (χ0v) is 15.0. The number of nitrogens with zero attached hydrogens (tertiary/aromatic N) is 1. The second kappa shape index (κ2) is 7.30. The van der Waals surface area contributed by atoms with Gasteiger partial charge in [0.05, 0.1) is 6.26 Å². The van der Waals surface area contributed by atoms with Crippen molar-refractivity contribution in [3.63, 3.8) is 0 Å². The average molecular weight is 345 g/mol. The number of rotatable bonds is 5. The lowest BCUT2D eigenvalue weighted by molar-refractivity contribution is 0.193. The minimum absolute atomic E-state index is 0.150. The van der Waals surface area contributed by atoms with Gasteiger partial charge in [-0.05, 0) is 30.9 Å². The lowest BCUT2D eigenvalue weighted by Crippen LogP contribution is -2.51. The standard InChI is InChI=1S/C16H25ClN2O2S/c1-4-13-11-19(22(3,20)21)10-9-16(13)18-12(2)14-7-5-6-8-15(14)17/h5-8,12-13,16,18H,4,9-11H2,1-3H3/t12-,13-,16+/m1/s1. The van der Waals surface area contributed by atoms with E-state index in [1.54, 1.807) is 4.31 Å². The van der Waals surface area contributed by atoms with Crippen molar-refractivity contribution < 1.29 is 8.42 Å². The van der Waals surface area contributed by atoms with Gasteiger partial charge in [0.25, 0.3) is 0 Å². The van der Waals surface area contributed by atoms with Gasteiger partial charge in [-0.15, -0.1) is 0 Å². The molecule has 0 radical (unpaired) electrons. The van der Waals surface area contributed by atoms with Crippen LogP contribution in [0.15, 0.2) is 24.3 Å². The molecule has 0 bridgehead atoms. The maximum Gasteiger partial charge on any atom is 0.211 e. The number of nitrogens with one attached hydrogen (secondary N) is 1. The molecular formula is C16H25ClN2O2S. The van der Waals surface area contributed by atoms with Crippen LogP contribution in [-0.2, 0) is 10.0 Å². The van der Waals surface area contributed by atoms with Crippen molar-refractivity contribution in [2.45, 2.75) is 38.8 Å². The lowest BCUT2D eigenvalue weighted by atomic mass is 9.90. The van der Waals surface area contributed by atoms with Crippen molar-refractivity contribution >= 4 is 21.6 Å². The van der Waals surface area contributed by atoms with Crippen LogP contribution in [0.1, 0.15) is 38.3 Å². The highest BCUT2D eigenvalue weighted by molar-refractivity contribution is 7.88. The van der Waals surface area contributed by atoms with Crippen LogP contribution in [0.4, 0.5) is 0 Å². The summed E-state index contributed by atoms with van der Waals surface area (Å²) in [5.41, 5.74) is 1.09. The van der Waals surface area contributed by atoms with Crippen LogP contribution in [0.5, 0.6) is 0 Å². The predicted molar refractivity (Wildman–Crippen MR) is 91.6 cm³/mol. The SMILES string of the molecule is CC[C@@H]1CN(S(C)(=O)=O)CC[C@@H]1N[C@H](C)c1ccccc1Cl. The van der Waals surface area contributed by atoms with Crippen LogP contribution in [0.25, 0.3) is 0 Å². The van der Waals surface area contributed by atoms with Crippen LogP contribution in [0.3, 0.4) is 0 Å². The molecule has 1 aromatic rings. The Labute approximate surface area is 138 Å². The highest BCUT2D eigenvalue weighted by Gasteiger charge is 2.32. The molecule has 22 heavy (non-hydrogen) atoms. The number of piperidine rings is 1. The molecule has 4 nitrogen and oxygen atoms in total. The molecule has 0 unspecified atom stereocenters. The first-order valence-electron chi connectivity index (χ1n) is 7.78. The van der Waals surface area contributed by atoms with Gasteiger partial charge >= 0.3 is 0 Å². The monoisotopic (exact) mass is 344 g/mol. The molecular weight excluding hydrogens is 320 g/mol. The van der Waals surface area contributed by atoms with E-state index in [-0.39, 0.29) is 6.04 Å². The summed E-state index contributed by atoms with van der Waals surface area (Å²) < 4.78 is 25.1. The van der Waals surface area contributed by atoms with Crippen molar-refractivity contribution in [3.05, 3.63) is 34.9 Å². The zero-order valence-electron chi connectivity index (χ0n) is 13.4. The van der Waals surface area contributed by atoms with Gasteiger partial charge in [-0.2, -0.15) is 0 Å². The quantitative estimate of drug-likeness (QED) is 0.893. The van der Waals surface area contributed by atoms with E-state index < -0.39 is 10.0 Å². The van der Waals surface area contributed by atoms with E-state index in [1.807, 2.05) is 24.3 Å². The minimum Gasteiger partial charge on any atom is -0.307 e. The van der Waals surface area contributed by atoms with Gasteiger partial charge in [-0.25, -0.2) is 12.7 Å². The second-order valence-electron chi connectivity index (χ2n) is 6.09. The lowest BCUT2D eigenvalue weighted by Gasteiger charge is -2.39. The molecule has 3 atom stereocenters. The summed E-state index contributed by atoms with van der Waals surface area (Å²) in [6.45, 7) is 5.41. The Kier molecular flexibility index (Phi) is 5.88. The second-order valence-corrected chi connectivity index (χ2v) is 8.48. The fraction of sp³-hybridized carbons (Fsp3) is 0.625. The van der Waals surface area contributed by atoms with E-state index in [9.17, 15) is 8.42 Å². The molecule has 1 aliphatic rings. The van der Waals surface area contributed by atoms with Crippen molar-refractivity contribution in [2.24, 2.45) is 5.92 Å². The highest BCUT2D eigenvalue weighted by atomic mass is 35.5. The number of hydrogen-bond donors (Lipinski definition) is 1. The largest absolute Gasteiger partial charge is 0.307 e. The van der Waals surface area contributed by atoms with Gasteiger partial charge in [-0.1, -0.05) is 43.1 Å². The van der Waals surface area contributed by atoms with Crippen molar-refractivity contribution in [1.29, 1.82) is 0 Å². The van der Waals surface area contributed by atoms with E-state index in [0.29, 0.717) is 25.0 Å². The molecule has 1 aromatic carbocycles. The minimum atomic E-state index is -3.10. The first-order valence-corrected chi connectivity index (χ1v) is 10.0. The number of sulfonamides is 1. The van der Waals surface area contributed by atoms with Gasteiger partial charge in [0.15, 0.2) is 0 Å². The summed E-state index contributed by atoms with van der Waals surface area (Å²) >= 11 is 6.26. The number of benzene rings is 1. The summed E-state index contributed by atoms with van der Waals surface area (Å²) in [6, 6.07) is 8.32. The van der Waals surface area contributed by atoms with Gasteiger partial charge < -0.3 is 5.32 Å². The van der Waals surface area contributed by atoms with Gasteiger partial charge in [0, 0.05) is 30.2 Å². The summed E-state index contributed by atoms with van der Waals surface area (Å²) in [5, 5.41) is 4.41. The highest BCUT2D eigenvalue weighted by Crippen LogP contribution is 2.27. The molecule has 1 heterocycles. The molecule has 0 spiro atoms. The fourth-order valence-corrected chi connectivity index (χ4v) is 4.37. The first kappa shape index (κ1) is 17.7. The molecule has 1 N–H and O–H groups in total. The predicted octanol–water partition coefficient (Wildman–Crippen LogP) is 3.05. The maximum atomic E-state index is 11.7. The molecule has 1 fully saturated rings. The van der Waals surface area contributed by atoms with Crippen molar-refractivity contribution in [3.8, 4) is 0 Å². The normalized spacial score (nSPS) is 25.1. The van der Waals surface area contributed by atoms with E-state index in [1.165, 1.54) is 6.26 Å². The van der Waals surface area contributed by atoms with Crippen molar-refractivity contribution in [1.82, 2.24) is 9.62 Å². The summed E-state index contributed by atoms with van der Waals surface area (Å²) in [6.07, 6.45) is 3.08. The van der Waals surface area contributed by atoms with E-state index in [0.717, 1.165) is 23.4 Å². The maximum absolute atomic E-state index is 11.7. The fourth-order valence-electron chi connectivity index (χ4n) is 3.17. The molecule has 0 amide bonds. The zero-order chi connectivity index (χ0) is 16.3. The van der Waals surface area contributed by atoms with Gasteiger partial charge in [0.1, 0.15) is 0 Å². The first-order chi connectivity index (χ1) is 10.3. The van der Waals surface area contributed by atoms with Crippen LogP contribution in [0.2, 0.25) is 5.02 Å². The third-order valence-corrected chi connectivity index (χ3v) is 6.14. The summed E-state index contributed by atoms with van der Waals surface area (Å²) in [5.74, 6) is 0.327. The Hall–Kier alpha value is -0.620. The number of halogens is 1. The Morgan fingerprint density at radius 1 is 1.41 bits per heavy atom. The Morgan fingerprint density at radius 2 is 2.09 bits per heavy atom. The van der Waals surface area contributed by atoms with Gasteiger partial charge in [0.2, 0.25) is 10.0 Å². The Balaban J connectivity index is 2.05. The Bertz CT molecular complexity index is 606. The van der Waals surface area contributed by atoms with E-state index in [4.69, 9.17) is 11.6 Å². The molecule has 0 aromatic heterocycles. The molecule has 0 saturated carbocycles. The van der Waals surface area contributed by atoms with Crippen LogP contribution in [0, 0.1) is 5.92 Å². The van der Waals surface area contributed by atoms with Gasteiger partial charge in [-0.3, -0.25) is 0 Å². The average Bonchev–Trinajstić information content (AvgIpc) is 2.46. The molecule has 2 rings (SSSR count). The topological polar surface area (TPSA) is 49.4 Å². The summed E-state index contributed by atoms with van der Waals surface area (Å²) in [7, 11) is -3.10. The van der Waals surface area contributed by atoms with Crippen LogP contribution in [-0.4, -0.2) is 38.1 Å². The molecule has 1 saturated heterocycles. The molecule has 124 valence electrons. The van der Waals surface area contributed by atoms with Crippen molar-refractivity contribution in [2.75, 3.05) is 19.3 Å². The van der Waals surface area contributed by atoms with Crippen LogP contribution >= 0.6 is 11.6 Å². The van der Waals surface area contributed by atoms with E-state index in [2.05, 4.69) is 19.2 Å². The number of hydrogen-bond acceptors (Lipinski definition) is 3. The third-order valence-electron chi connectivity index (χ3n) is 4.53. The van der Waals surface area contributed by atoms with E-state index >= 15 is 0 Å². The third kappa shape index (κ3) is 4.22. The Morgan fingerprint density at radius 3 is 2.68 bits per heavy atom.